The fraction of sp³-hybridized carbons (Fsp3) is 0.625. The Kier molecular flexibility index (Phi) is 7.55. The van der Waals surface area contributed by atoms with E-state index < -0.39 is 0 Å². The van der Waals surface area contributed by atoms with Crippen LogP contribution in [0.4, 0.5) is 0 Å². The van der Waals surface area contributed by atoms with Gasteiger partial charge in [0.1, 0.15) is 6.54 Å². The highest BCUT2D eigenvalue weighted by atomic mass is 16.5. The van der Waals surface area contributed by atoms with Crippen LogP contribution < -0.4 is 0 Å². The Hall–Kier alpha value is -2.29. The summed E-state index contributed by atoms with van der Waals surface area (Å²) in [5.41, 5.74) is 0.749. The molecule has 3 aliphatic rings. The summed E-state index contributed by atoms with van der Waals surface area (Å²) in [5, 5.41) is 0. The number of methoxy groups -OCH3 is 1. The van der Waals surface area contributed by atoms with Gasteiger partial charge >= 0.3 is 0 Å². The first-order valence-electron chi connectivity index (χ1n) is 11.6. The smallest absolute Gasteiger partial charge is 0.262 e. The summed E-state index contributed by atoms with van der Waals surface area (Å²) in [6, 6.07) is 6.75. The molecule has 0 aliphatic carbocycles. The van der Waals surface area contributed by atoms with Crippen molar-refractivity contribution in [2.75, 3.05) is 59.6 Å². The number of imide groups is 1. The third-order valence-electron chi connectivity index (χ3n) is 6.77. The Labute approximate surface area is 189 Å². The van der Waals surface area contributed by atoms with Crippen molar-refractivity contribution in [2.24, 2.45) is 5.92 Å². The molecule has 1 aromatic rings. The number of nitrogens with zero attached hydrogens (tertiary/aromatic N) is 3. The minimum Gasteiger partial charge on any atom is -0.383 e. The highest BCUT2D eigenvalue weighted by Crippen LogP contribution is 2.24. The van der Waals surface area contributed by atoms with Crippen molar-refractivity contribution in [3.8, 4) is 0 Å². The summed E-state index contributed by atoms with van der Waals surface area (Å²) >= 11 is 0. The van der Waals surface area contributed by atoms with Gasteiger partial charge < -0.3 is 19.3 Å². The molecule has 1 unspecified atom stereocenters. The summed E-state index contributed by atoms with van der Waals surface area (Å²) in [6.45, 7) is 5.32. The molecule has 0 saturated carbocycles. The van der Waals surface area contributed by atoms with Crippen molar-refractivity contribution in [1.29, 1.82) is 0 Å². The second-order valence-corrected chi connectivity index (χ2v) is 8.95. The molecule has 0 aromatic heterocycles. The zero-order chi connectivity index (χ0) is 22.5. The molecule has 4 rings (SSSR count). The van der Waals surface area contributed by atoms with E-state index in [2.05, 4.69) is 4.90 Å². The van der Waals surface area contributed by atoms with Gasteiger partial charge in [-0.05, 0) is 56.8 Å². The molecule has 2 saturated heterocycles. The maximum absolute atomic E-state index is 13.3. The third kappa shape index (κ3) is 5.19. The second-order valence-electron chi connectivity index (χ2n) is 8.95. The first-order valence-corrected chi connectivity index (χ1v) is 11.6. The lowest BCUT2D eigenvalue weighted by Gasteiger charge is -2.35. The Bertz CT molecular complexity index is 796. The Morgan fingerprint density at radius 3 is 2.38 bits per heavy atom. The predicted octanol–water partition coefficient (Wildman–Crippen LogP) is 1.65. The fourth-order valence-electron chi connectivity index (χ4n) is 4.85. The van der Waals surface area contributed by atoms with Crippen LogP contribution in [0.2, 0.25) is 0 Å². The van der Waals surface area contributed by atoms with Crippen molar-refractivity contribution < 1.29 is 23.9 Å². The zero-order valence-corrected chi connectivity index (χ0v) is 18.8. The molecule has 0 spiro atoms. The monoisotopic (exact) mass is 443 g/mol. The Balaban J connectivity index is 1.38. The molecule has 3 heterocycles. The van der Waals surface area contributed by atoms with E-state index in [1.807, 2.05) is 4.90 Å². The lowest BCUT2D eigenvalue weighted by molar-refractivity contribution is -0.134. The molecule has 0 bridgehead atoms. The SMILES string of the molecule is COCCN1CCC(CN(CC2CCCO2)C(=O)CN2C(=O)c3ccccc3C2=O)CC1. The van der Waals surface area contributed by atoms with Gasteiger partial charge in [-0.1, -0.05) is 12.1 Å². The minimum absolute atomic E-state index is 0.0305. The number of hydrogen-bond acceptors (Lipinski definition) is 6. The van der Waals surface area contributed by atoms with E-state index in [9.17, 15) is 14.4 Å². The number of hydrogen-bond donors (Lipinski definition) is 0. The van der Waals surface area contributed by atoms with Crippen LogP contribution >= 0.6 is 0 Å². The molecule has 1 atom stereocenters. The van der Waals surface area contributed by atoms with Crippen LogP contribution in [0.1, 0.15) is 46.4 Å². The van der Waals surface area contributed by atoms with Gasteiger partial charge in [-0.2, -0.15) is 0 Å². The maximum Gasteiger partial charge on any atom is 0.262 e. The molecule has 2 fully saturated rings. The van der Waals surface area contributed by atoms with E-state index >= 15 is 0 Å². The highest BCUT2D eigenvalue weighted by Gasteiger charge is 2.38. The summed E-state index contributed by atoms with van der Waals surface area (Å²) in [6.07, 6.45) is 4.01. The molecule has 8 heteroatoms. The Morgan fingerprint density at radius 2 is 1.78 bits per heavy atom. The van der Waals surface area contributed by atoms with Crippen LogP contribution in [0.5, 0.6) is 0 Å². The van der Waals surface area contributed by atoms with E-state index in [1.165, 1.54) is 0 Å². The van der Waals surface area contributed by atoms with Crippen molar-refractivity contribution in [1.82, 2.24) is 14.7 Å². The number of amides is 3. The van der Waals surface area contributed by atoms with Crippen LogP contribution in [0.25, 0.3) is 0 Å². The van der Waals surface area contributed by atoms with Crippen molar-refractivity contribution in [3.63, 3.8) is 0 Å². The van der Waals surface area contributed by atoms with E-state index in [0.717, 1.165) is 63.4 Å². The summed E-state index contributed by atoms with van der Waals surface area (Å²) < 4.78 is 11.0. The van der Waals surface area contributed by atoms with Crippen LogP contribution in [0.15, 0.2) is 24.3 Å². The van der Waals surface area contributed by atoms with E-state index in [4.69, 9.17) is 9.47 Å². The highest BCUT2D eigenvalue weighted by molar-refractivity contribution is 6.22. The van der Waals surface area contributed by atoms with Crippen molar-refractivity contribution in [3.05, 3.63) is 35.4 Å². The van der Waals surface area contributed by atoms with Gasteiger partial charge in [-0.3, -0.25) is 19.3 Å². The van der Waals surface area contributed by atoms with Crippen molar-refractivity contribution >= 4 is 17.7 Å². The average molecular weight is 444 g/mol. The summed E-state index contributed by atoms with van der Waals surface area (Å²) in [7, 11) is 1.72. The van der Waals surface area contributed by atoms with Gasteiger partial charge in [0.25, 0.3) is 11.8 Å². The zero-order valence-electron chi connectivity index (χ0n) is 18.8. The molecule has 174 valence electrons. The van der Waals surface area contributed by atoms with Gasteiger partial charge in [-0.15, -0.1) is 0 Å². The molecule has 3 amide bonds. The average Bonchev–Trinajstić information content (AvgIpc) is 3.41. The number of rotatable bonds is 9. The van der Waals surface area contributed by atoms with Crippen LogP contribution in [-0.4, -0.2) is 98.1 Å². The second kappa shape index (κ2) is 10.6. The molecule has 3 aliphatic heterocycles. The molecule has 0 N–H and O–H groups in total. The van der Waals surface area contributed by atoms with Gasteiger partial charge in [-0.25, -0.2) is 0 Å². The molecular weight excluding hydrogens is 410 g/mol. The number of piperidine rings is 1. The topological polar surface area (TPSA) is 79.4 Å². The lowest BCUT2D eigenvalue weighted by atomic mass is 9.96. The predicted molar refractivity (Wildman–Crippen MR) is 118 cm³/mol. The Morgan fingerprint density at radius 1 is 1.09 bits per heavy atom. The van der Waals surface area contributed by atoms with Gasteiger partial charge in [0.2, 0.25) is 5.91 Å². The standard InChI is InChI=1S/C24H33N3O5/c1-31-14-12-25-10-8-18(9-11-25)15-26(16-19-5-4-13-32-19)22(28)17-27-23(29)20-6-2-3-7-21(20)24(27)30/h2-3,6-7,18-19H,4-5,8-17H2,1H3. The van der Waals surface area contributed by atoms with E-state index in [0.29, 0.717) is 30.1 Å². The quantitative estimate of drug-likeness (QED) is 0.540. The normalized spacial score (nSPS) is 21.9. The number of ether oxygens (including phenoxy) is 2. The molecule has 32 heavy (non-hydrogen) atoms. The van der Waals surface area contributed by atoms with E-state index in [1.54, 1.807) is 31.4 Å². The van der Waals surface area contributed by atoms with Crippen molar-refractivity contribution in [2.45, 2.75) is 31.8 Å². The van der Waals surface area contributed by atoms with Crippen LogP contribution in [0, 0.1) is 5.92 Å². The minimum atomic E-state index is -0.387. The largest absolute Gasteiger partial charge is 0.383 e. The maximum atomic E-state index is 13.3. The van der Waals surface area contributed by atoms with E-state index in [-0.39, 0.29) is 30.4 Å². The van der Waals surface area contributed by atoms with Gasteiger partial charge in [0.05, 0.1) is 23.8 Å². The lowest BCUT2D eigenvalue weighted by Crippen LogP contribution is -2.48. The fourth-order valence-corrected chi connectivity index (χ4v) is 4.85. The first-order chi connectivity index (χ1) is 15.6. The van der Waals surface area contributed by atoms with Gasteiger partial charge in [0, 0.05) is 33.4 Å². The summed E-state index contributed by atoms with van der Waals surface area (Å²) in [4.78, 5) is 44.0. The summed E-state index contributed by atoms with van der Waals surface area (Å²) in [5.74, 6) is -0.553. The van der Waals surface area contributed by atoms with Crippen LogP contribution in [-0.2, 0) is 14.3 Å². The number of carbonyl (C=O) groups excluding carboxylic acids is 3. The molecule has 0 radical (unpaired) electrons. The van der Waals surface area contributed by atoms with Crippen LogP contribution in [0.3, 0.4) is 0 Å². The third-order valence-corrected chi connectivity index (χ3v) is 6.77. The number of likely N-dealkylation sites (tertiary alicyclic amines) is 1. The van der Waals surface area contributed by atoms with Gasteiger partial charge in [0.15, 0.2) is 0 Å². The molecular formula is C24H33N3O5. The molecule has 8 nitrogen and oxygen atoms in total. The first kappa shape index (κ1) is 22.9. The number of benzene rings is 1. The number of fused-ring (bicyclic) bond motifs is 1. The number of carbonyl (C=O) groups is 3. The molecule has 1 aromatic carbocycles.